The Hall–Kier alpha value is -3.23. The Labute approximate surface area is 222 Å². The third kappa shape index (κ3) is 5.47. The monoisotopic (exact) mass is 539 g/mol. The summed E-state index contributed by atoms with van der Waals surface area (Å²) in [6.07, 6.45) is 1.68. The fourth-order valence-electron chi connectivity index (χ4n) is 5.45. The highest BCUT2D eigenvalue weighted by molar-refractivity contribution is 7.91. The number of nitrogens with zero attached hydrogens (tertiary/aromatic N) is 1. The first-order valence-electron chi connectivity index (χ1n) is 12.9. The molecule has 38 heavy (non-hydrogen) atoms. The zero-order valence-electron chi connectivity index (χ0n) is 21.3. The summed E-state index contributed by atoms with van der Waals surface area (Å²) in [6, 6.07) is 16.5. The summed E-state index contributed by atoms with van der Waals surface area (Å²) < 4.78 is 59.1. The number of hydrogen-bond donors (Lipinski definition) is 1. The predicted octanol–water partition coefficient (Wildman–Crippen LogP) is 5.79. The number of aromatic hydroxyl groups is 1. The Kier molecular flexibility index (Phi) is 7.54. The number of rotatable bonds is 7. The minimum atomic E-state index is -3.67. The van der Waals surface area contributed by atoms with Gasteiger partial charge in [-0.25, -0.2) is 12.8 Å². The number of sulfone groups is 1. The maximum absolute atomic E-state index is 13.9. The summed E-state index contributed by atoms with van der Waals surface area (Å²) in [5.41, 5.74) is 4.36. The lowest BCUT2D eigenvalue weighted by Crippen LogP contribution is -2.26. The van der Waals surface area contributed by atoms with Crippen molar-refractivity contribution in [1.29, 1.82) is 0 Å². The fourth-order valence-corrected chi connectivity index (χ4v) is 6.94. The van der Waals surface area contributed by atoms with E-state index in [1.807, 2.05) is 31.2 Å². The van der Waals surface area contributed by atoms with Gasteiger partial charge in [-0.05, 0) is 96.5 Å². The Bertz CT molecular complexity index is 1470. The number of alkyl halides is 1. The first-order valence-corrected chi connectivity index (χ1v) is 14.5. The van der Waals surface area contributed by atoms with Crippen LogP contribution in [0.25, 0.3) is 11.1 Å². The van der Waals surface area contributed by atoms with Crippen LogP contribution in [0.3, 0.4) is 0 Å². The highest BCUT2D eigenvalue weighted by Gasteiger charge is 2.30. The predicted molar refractivity (Wildman–Crippen MR) is 144 cm³/mol. The Morgan fingerprint density at radius 1 is 1.05 bits per heavy atom. The number of allylic oxidation sites excluding steroid dienone is 1. The number of phenols is 1. The average Bonchev–Trinajstić information content (AvgIpc) is 3.29. The second-order valence-electron chi connectivity index (χ2n) is 9.96. The van der Waals surface area contributed by atoms with Gasteiger partial charge in [0, 0.05) is 25.2 Å². The molecular formula is C30H31F2NO4S. The SMILES string of the molecule is Cc1cc(F)ccc1C1=C(c2ccc(O[C@H]3CCN(CCCF)C3)cc2)c2ccc(O)cc2S(=O)(=O)CC1. The molecule has 0 amide bonds. The van der Waals surface area contributed by atoms with E-state index in [-0.39, 0.29) is 41.4 Å². The second-order valence-corrected chi connectivity index (χ2v) is 12.0. The van der Waals surface area contributed by atoms with Crippen LogP contribution in [0.15, 0.2) is 65.6 Å². The summed E-state index contributed by atoms with van der Waals surface area (Å²) in [5, 5.41) is 10.1. The van der Waals surface area contributed by atoms with Crippen LogP contribution in [-0.4, -0.2) is 56.6 Å². The molecule has 3 aromatic carbocycles. The van der Waals surface area contributed by atoms with Crippen LogP contribution in [0, 0.1) is 12.7 Å². The van der Waals surface area contributed by atoms with Gasteiger partial charge < -0.3 is 9.84 Å². The number of benzene rings is 3. The molecule has 2 heterocycles. The highest BCUT2D eigenvalue weighted by Crippen LogP contribution is 2.43. The van der Waals surface area contributed by atoms with E-state index in [2.05, 4.69) is 4.90 Å². The van der Waals surface area contributed by atoms with E-state index in [0.29, 0.717) is 17.7 Å². The molecule has 0 unspecified atom stereocenters. The molecule has 1 saturated heterocycles. The van der Waals surface area contributed by atoms with E-state index in [1.54, 1.807) is 12.1 Å². The van der Waals surface area contributed by atoms with Crippen molar-refractivity contribution in [1.82, 2.24) is 4.90 Å². The number of hydrogen-bond acceptors (Lipinski definition) is 5. The standard InChI is InChI=1S/C30H31F2NO4S/c1-20-17-22(32)5-9-26(20)27-12-16-38(35,36)29-18-23(34)6-10-28(29)30(27)21-3-7-24(8-4-21)37-25-11-15-33(19-25)14-2-13-31/h3-10,17-18,25,34H,2,11-16,19H2,1H3/t25-/m0/s1. The zero-order valence-corrected chi connectivity index (χ0v) is 22.1. The minimum absolute atomic E-state index is 0.0313. The minimum Gasteiger partial charge on any atom is -0.508 e. The average molecular weight is 540 g/mol. The quantitative estimate of drug-likeness (QED) is 0.412. The van der Waals surface area contributed by atoms with Gasteiger partial charge in [-0.15, -0.1) is 0 Å². The molecule has 0 saturated carbocycles. The Morgan fingerprint density at radius 2 is 1.82 bits per heavy atom. The van der Waals surface area contributed by atoms with E-state index in [0.717, 1.165) is 53.9 Å². The second kappa shape index (κ2) is 10.9. The number of ether oxygens (including phenoxy) is 1. The van der Waals surface area contributed by atoms with Gasteiger partial charge in [-0.3, -0.25) is 9.29 Å². The fraction of sp³-hybridized carbons (Fsp3) is 0.333. The molecule has 1 N–H and O–H groups in total. The zero-order chi connectivity index (χ0) is 26.9. The van der Waals surface area contributed by atoms with Gasteiger partial charge in [0.15, 0.2) is 9.84 Å². The van der Waals surface area contributed by atoms with E-state index < -0.39 is 9.84 Å². The van der Waals surface area contributed by atoms with Crippen LogP contribution in [0.2, 0.25) is 0 Å². The van der Waals surface area contributed by atoms with Gasteiger partial charge >= 0.3 is 0 Å². The van der Waals surface area contributed by atoms with Crippen LogP contribution < -0.4 is 4.74 Å². The van der Waals surface area contributed by atoms with Crippen LogP contribution in [-0.2, 0) is 9.84 Å². The summed E-state index contributed by atoms with van der Waals surface area (Å²) in [6.45, 7) is 3.87. The molecule has 0 bridgehead atoms. The summed E-state index contributed by atoms with van der Waals surface area (Å²) in [7, 11) is -3.67. The van der Waals surface area contributed by atoms with Crippen LogP contribution in [0.4, 0.5) is 8.78 Å². The molecule has 0 aromatic heterocycles. The number of fused-ring (bicyclic) bond motifs is 1. The number of halogens is 2. The van der Waals surface area contributed by atoms with Crippen LogP contribution in [0.1, 0.15) is 41.5 Å². The largest absolute Gasteiger partial charge is 0.508 e. The molecule has 0 radical (unpaired) electrons. The van der Waals surface area contributed by atoms with E-state index in [1.165, 1.54) is 24.3 Å². The Morgan fingerprint density at radius 3 is 2.55 bits per heavy atom. The summed E-state index contributed by atoms with van der Waals surface area (Å²) >= 11 is 0. The highest BCUT2D eigenvalue weighted by atomic mass is 32.2. The van der Waals surface area contributed by atoms with Crippen molar-refractivity contribution in [2.75, 3.05) is 32.1 Å². The number of phenolic OH excluding ortho intramolecular Hbond substituents is 1. The molecular weight excluding hydrogens is 508 g/mol. The summed E-state index contributed by atoms with van der Waals surface area (Å²) in [5.74, 6) is 0.116. The van der Waals surface area contributed by atoms with Gasteiger partial charge in [-0.2, -0.15) is 0 Å². The lowest BCUT2D eigenvalue weighted by molar-refractivity contribution is 0.198. The normalized spacial score (nSPS) is 19.3. The number of aryl methyl sites for hydroxylation is 1. The first-order chi connectivity index (χ1) is 18.2. The van der Waals surface area contributed by atoms with Crippen molar-refractivity contribution in [3.63, 3.8) is 0 Å². The molecule has 0 spiro atoms. The van der Waals surface area contributed by atoms with Gasteiger partial charge in [0.2, 0.25) is 0 Å². The van der Waals surface area contributed by atoms with E-state index in [9.17, 15) is 22.3 Å². The molecule has 8 heteroatoms. The molecule has 3 aromatic rings. The van der Waals surface area contributed by atoms with Gasteiger partial charge in [0.1, 0.15) is 23.4 Å². The third-order valence-electron chi connectivity index (χ3n) is 7.29. The van der Waals surface area contributed by atoms with Crippen molar-refractivity contribution in [3.05, 3.63) is 88.7 Å². The van der Waals surface area contributed by atoms with Crippen molar-refractivity contribution in [3.8, 4) is 11.5 Å². The van der Waals surface area contributed by atoms with Gasteiger partial charge in [0.25, 0.3) is 0 Å². The van der Waals surface area contributed by atoms with Crippen molar-refractivity contribution in [2.24, 2.45) is 0 Å². The van der Waals surface area contributed by atoms with Gasteiger partial charge in [-0.1, -0.05) is 18.2 Å². The third-order valence-corrected chi connectivity index (χ3v) is 9.04. The van der Waals surface area contributed by atoms with Crippen LogP contribution in [0.5, 0.6) is 11.5 Å². The first kappa shape index (κ1) is 26.4. The molecule has 1 atom stereocenters. The summed E-state index contributed by atoms with van der Waals surface area (Å²) in [4.78, 5) is 2.29. The van der Waals surface area contributed by atoms with E-state index in [4.69, 9.17) is 4.74 Å². The van der Waals surface area contributed by atoms with Gasteiger partial charge in [0.05, 0.1) is 17.3 Å². The Balaban J connectivity index is 1.55. The maximum atomic E-state index is 13.9. The van der Waals surface area contributed by atoms with Crippen molar-refractivity contribution >= 4 is 21.0 Å². The molecule has 1 fully saturated rings. The maximum Gasteiger partial charge on any atom is 0.179 e. The molecule has 2 aliphatic heterocycles. The lowest BCUT2D eigenvalue weighted by Gasteiger charge is -2.19. The number of likely N-dealkylation sites (tertiary alicyclic amines) is 1. The molecule has 200 valence electrons. The smallest absolute Gasteiger partial charge is 0.179 e. The molecule has 5 nitrogen and oxygen atoms in total. The van der Waals surface area contributed by atoms with Crippen molar-refractivity contribution in [2.45, 2.75) is 37.2 Å². The molecule has 2 aliphatic rings. The molecule has 0 aliphatic carbocycles. The van der Waals surface area contributed by atoms with E-state index >= 15 is 0 Å². The lowest BCUT2D eigenvalue weighted by atomic mass is 9.86. The molecule has 5 rings (SSSR count). The van der Waals surface area contributed by atoms with Crippen molar-refractivity contribution < 1.29 is 27.0 Å². The topological polar surface area (TPSA) is 66.8 Å². The van der Waals surface area contributed by atoms with Crippen LogP contribution >= 0.6 is 0 Å².